The topological polar surface area (TPSA) is 75.1 Å². The molecule has 7 heteroatoms. The van der Waals surface area contributed by atoms with Gasteiger partial charge in [0.1, 0.15) is 13.2 Å². The smallest absolute Gasteiger partial charge is 0.191 e. The summed E-state index contributed by atoms with van der Waals surface area (Å²) in [4.78, 5) is 4.64. The molecule has 0 radical (unpaired) electrons. The van der Waals surface area contributed by atoms with E-state index in [1.807, 2.05) is 19.1 Å². The van der Waals surface area contributed by atoms with E-state index in [2.05, 4.69) is 22.5 Å². The summed E-state index contributed by atoms with van der Waals surface area (Å²) in [7, 11) is 0. The van der Waals surface area contributed by atoms with Crippen LogP contribution in [0.1, 0.15) is 38.7 Å². The highest BCUT2D eigenvalue weighted by Gasteiger charge is 2.16. The third-order valence-electron chi connectivity index (χ3n) is 4.21. The van der Waals surface area contributed by atoms with Gasteiger partial charge in [-0.25, -0.2) is 4.99 Å². The van der Waals surface area contributed by atoms with Crippen molar-refractivity contribution in [1.82, 2.24) is 10.6 Å². The van der Waals surface area contributed by atoms with Crippen LogP contribution in [0.25, 0.3) is 0 Å². The molecule has 6 nitrogen and oxygen atoms in total. The summed E-state index contributed by atoms with van der Waals surface area (Å²) in [6.07, 6.45) is 3.00. The monoisotopic (exact) mass is 383 g/mol. The Hall–Kier alpha value is -1.66. The Morgan fingerprint density at radius 3 is 2.77 bits per heavy atom. The third-order valence-corrected chi connectivity index (χ3v) is 4.49. The molecule has 0 bridgehead atoms. The van der Waals surface area contributed by atoms with E-state index in [1.165, 1.54) is 0 Å². The molecule has 146 valence electrons. The summed E-state index contributed by atoms with van der Waals surface area (Å²) < 4.78 is 11.2. The zero-order valence-corrected chi connectivity index (χ0v) is 16.4. The minimum absolute atomic E-state index is 0.218. The Morgan fingerprint density at radius 1 is 1.23 bits per heavy atom. The SMILES string of the molecule is CCCC(CCO)CNC(=NCc1cc(Cl)c2c(c1)OCCO2)NCC. The fourth-order valence-electron chi connectivity index (χ4n) is 2.95. The lowest BCUT2D eigenvalue weighted by atomic mass is 10.0. The first-order valence-corrected chi connectivity index (χ1v) is 9.76. The molecule has 0 aromatic heterocycles. The molecule has 1 aliphatic rings. The van der Waals surface area contributed by atoms with Crippen LogP contribution < -0.4 is 20.1 Å². The molecule has 1 aromatic rings. The molecule has 1 aliphatic heterocycles. The van der Waals surface area contributed by atoms with Gasteiger partial charge in [-0.1, -0.05) is 24.9 Å². The first kappa shape index (κ1) is 20.6. The minimum atomic E-state index is 0.218. The number of fused-ring (bicyclic) bond motifs is 1. The number of hydrogen-bond donors (Lipinski definition) is 3. The molecule has 26 heavy (non-hydrogen) atoms. The number of rotatable bonds is 9. The Labute approximate surface area is 160 Å². The standard InChI is InChI=1S/C19H30ClN3O3/c1-3-5-14(6-7-24)12-22-19(21-4-2)23-13-15-10-16(20)18-17(11-15)25-8-9-26-18/h10-11,14,24H,3-9,12-13H2,1-2H3,(H2,21,22,23). The molecular weight excluding hydrogens is 354 g/mol. The number of halogens is 1. The molecule has 0 saturated carbocycles. The number of aliphatic hydroxyl groups is 1. The van der Waals surface area contributed by atoms with E-state index < -0.39 is 0 Å². The van der Waals surface area contributed by atoms with E-state index in [0.29, 0.717) is 42.2 Å². The molecule has 2 rings (SSSR count). The zero-order chi connectivity index (χ0) is 18.8. The van der Waals surface area contributed by atoms with Gasteiger partial charge in [0.25, 0.3) is 0 Å². The molecule has 1 aromatic carbocycles. The van der Waals surface area contributed by atoms with Crippen LogP contribution in [0.4, 0.5) is 0 Å². The summed E-state index contributed by atoms with van der Waals surface area (Å²) in [5.74, 6) is 2.50. The highest BCUT2D eigenvalue weighted by atomic mass is 35.5. The van der Waals surface area contributed by atoms with E-state index in [9.17, 15) is 5.11 Å². The van der Waals surface area contributed by atoms with Crippen molar-refractivity contribution in [2.45, 2.75) is 39.7 Å². The Morgan fingerprint density at radius 2 is 2.04 bits per heavy atom. The predicted octanol–water partition coefficient (Wildman–Crippen LogP) is 2.97. The van der Waals surface area contributed by atoms with Crippen LogP contribution in [0.15, 0.2) is 17.1 Å². The van der Waals surface area contributed by atoms with Gasteiger partial charge in [-0.15, -0.1) is 0 Å². The lowest BCUT2D eigenvalue weighted by molar-refractivity contribution is 0.171. The fourth-order valence-corrected chi connectivity index (χ4v) is 3.24. The Kier molecular flexibility index (Phi) is 8.85. The second kappa shape index (κ2) is 11.1. The van der Waals surface area contributed by atoms with Crippen molar-refractivity contribution < 1.29 is 14.6 Å². The Bertz CT molecular complexity index is 590. The van der Waals surface area contributed by atoms with Crippen LogP contribution in [-0.2, 0) is 6.54 Å². The summed E-state index contributed by atoms with van der Waals surface area (Å²) in [6, 6.07) is 3.80. The molecule has 0 amide bonds. The van der Waals surface area contributed by atoms with Crippen LogP contribution in [0, 0.1) is 5.92 Å². The number of aliphatic imine (C=N–C) groups is 1. The van der Waals surface area contributed by atoms with Gasteiger partial charge in [-0.05, 0) is 43.4 Å². The lowest BCUT2D eigenvalue weighted by Crippen LogP contribution is -2.40. The first-order chi connectivity index (χ1) is 12.7. The summed E-state index contributed by atoms with van der Waals surface area (Å²) in [5.41, 5.74) is 0.969. The molecule has 0 fully saturated rings. The molecular formula is C19H30ClN3O3. The van der Waals surface area contributed by atoms with Crippen molar-refractivity contribution >= 4 is 17.6 Å². The van der Waals surface area contributed by atoms with Crippen molar-refractivity contribution in [1.29, 1.82) is 0 Å². The second-order valence-corrected chi connectivity index (χ2v) is 6.75. The normalized spacial score (nSPS) is 14.8. The van der Waals surface area contributed by atoms with Crippen molar-refractivity contribution in [3.05, 3.63) is 22.7 Å². The molecule has 3 N–H and O–H groups in total. The average Bonchev–Trinajstić information content (AvgIpc) is 2.64. The highest BCUT2D eigenvalue weighted by molar-refractivity contribution is 6.32. The van der Waals surface area contributed by atoms with Crippen LogP contribution in [0.5, 0.6) is 11.5 Å². The largest absolute Gasteiger partial charge is 0.486 e. The number of nitrogens with zero attached hydrogens (tertiary/aromatic N) is 1. The number of benzene rings is 1. The van der Waals surface area contributed by atoms with Crippen LogP contribution >= 0.6 is 11.6 Å². The van der Waals surface area contributed by atoms with Crippen molar-refractivity contribution in [2.24, 2.45) is 10.9 Å². The molecule has 1 atom stereocenters. The van der Waals surface area contributed by atoms with E-state index in [0.717, 1.165) is 43.9 Å². The van der Waals surface area contributed by atoms with Crippen molar-refractivity contribution in [2.75, 3.05) is 32.9 Å². The number of aliphatic hydroxyl groups excluding tert-OH is 1. The Balaban J connectivity index is 2.00. The van der Waals surface area contributed by atoms with Gasteiger partial charge >= 0.3 is 0 Å². The fraction of sp³-hybridized carbons (Fsp3) is 0.632. The number of nitrogens with one attached hydrogen (secondary N) is 2. The molecule has 1 heterocycles. The number of guanidine groups is 1. The van der Waals surface area contributed by atoms with Gasteiger partial charge in [0.2, 0.25) is 0 Å². The van der Waals surface area contributed by atoms with Crippen LogP contribution in [-0.4, -0.2) is 44.0 Å². The van der Waals surface area contributed by atoms with E-state index in [-0.39, 0.29) is 6.61 Å². The van der Waals surface area contributed by atoms with Gasteiger partial charge in [0, 0.05) is 19.7 Å². The molecule has 0 spiro atoms. The second-order valence-electron chi connectivity index (χ2n) is 6.34. The van der Waals surface area contributed by atoms with Gasteiger partial charge in [-0.3, -0.25) is 0 Å². The van der Waals surface area contributed by atoms with E-state index in [4.69, 9.17) is 21.1 Å². The maximum absolute atomic E-state index is 9.20. The maximum atomic E-state index is 9.20. The summed E-state index contributed by atoms with van der Waals surface area (Å²) in [5, 5.41) is 16.4. The van der Waals surface area contributed by atoms with Gasteiger partial charge < -0.3 is 25.2 Å². The van der Waals surface area contributed by atoms with E-state index in [1.54, 1.807) is 0 Å². The van der Waals surface area contributed by atoms with Gasteiger partial charge in [0.05, 0.1) is 11.6 Å². The number of ether oxygens (including phenoxy) is 2. The van der Waals surface area contributed by atoms with Crippen molar-refractivity contribution in [3.8, 4) is 11.5 Å². The lowest BCUT2D eigenvalue weighted by Gasteiger charge is -2.20. The molecule has 1 unspecified atom stereocenters. The molecule has 0 aliphatic carbocycles. The predicted molar refractivity (Wildman–Crippen MR) is 105 cm³/mol. The van der Waals surface area contributed by atoms with Crippen LogP contribution in [0.2, 0.25) is 5.02 Å². The summed E-state index contributed by atoms with van der Waals surface area (Å²) >= 11 is 6.29. The maximum Gasteiger partial charge on any atom is 0.191 e. The third kappa shape index (κ3) is 6.25. The zero-order valence-electron chi connectivity index (χ0n) is 15.7. The van der Waals surface area contributed by atoms with Crippen LogP contribution in [0.3, 0.4) is 0 Å². The molecule has 0 saturated heterocycles. The van der Waals surface area contributed by atoms with Gasteiger partial charge in [0.15, 0.2) is 17.5 Å². The highest BCUT2D eigenvalue weighted by Crippen LogP contribution is 2.38. The van der Waals surface area contributed by atoms with Gasteiger partial charge in [-0.2, -0.15) is 0 Å². The first-order valence-electron chi connectivity index (χ1n) is 9.38. The summed E-state index contributed by atoms with van der Waals surface area (Å²) in [6.45, 7) is 7.54. The van der Waals surface area contributed by atoms with Crippen molar-refractivity contribution in [3.63, 3.8) is 0 Å². The van der Waals surface area contributed by atoms with E-state index >= 15 is 0 Å². The quantitative estimate of drug-likeness (QED) is 0.451. The number of hydrogen-bond acceptors (Lipinski definition) is 4. The minimum Gasteiger partial charge on any atom is -0.486 e. The average molecular weight is 384 g/mol.